The van der Waals surface area contributed by atoms with Crippen molar-refractivity contribution < 1.29 is 0 Å². The van der Waals surface area contributed by atoms with Gasteiger partial charge in [-0.25, -0.2) is 4.98 Å². The average Bonchev–Trinajstić information content (AvgIpc) is 2.62. The normalized spacial score (nSPS) is 9.60. The van der Waals surface area contributed by atoms with Gasteiger partial charge in [-0.15, -0.1) is 13.0 Å². The smallest absolute Gasteiger partial charge is 0.229 e. The first-order valence-electron chi connectivity index (χ1n) is 7.35. The molecule has 1 heterocycles. The molecule has 2 rings (SSSR count). The number of thiocarbonyl (C=S) groups is 1. The van der Waals surface area contributed by atoms with E-state index in [-0.39, 0.29) is 0 Å². The first-order valence-corrected chi connectivity index (χ1v) is 8.55. The summed E-state index contributed by atoms with van der Waals surface area (Å²) in [5.41, 5.74) is 1.72. The zero-order valence-corrected chi connectivity index (χ0v) is 15.7. The molecule has 0 radical (unpaired) electrons. The number of anilines is 4. The maximum absolute atomic E-state index is 5.25. The first-order chi connectivity index (χ1) is 12.1. The Bertz CT molecular complexity index is 785. The molecule has 0 unspecified atom stereocenters. The highest BCUT2D eigenvalue weighted by Crippen LogP contribution is 2.22. The summed E-state index contributed by atoms with van der Waals surface area (Å²) >= 11 is 8.55. The molecule has 0 amide bonds. The molecule has 0 saturated heterocycles. The van der Waals surface area contributed by atoms with Gasteiger partial charge in [-0.05, 0) is 52.4 Å². The van der Waals surface area contributed by atoms with Crippen LogP contribution in [0.4, 0.5) is 23.1 Å². The molecule has 4 N–H and O–H groups in total. The van der Waals surface area contributed by atoms with Crippen molar-refractivity contribution in [3.05, 3.63) is 47.6 Å². The Kier molecular flexibility index (Phi) is 7.19. The Labute approximate surface area is 160 Å². The Morgan fingerprint density at radius 1 is 1.32 bits per heavy atom. The highest BCUT2D eigenvalue weighted by Gasteiger charge is 2.05. The number of aromatic nitrogens is 2. The summed E-state index contributed by atoms with van der Waals surface area (Å²) in [6.07, 6.45) is 8.65. The van der Waals surface area contributed by atoms with E-state index in [2.05, 4.69) is 59.7 Å². The second kappa shape index (κ2) is 9.61. The minimum Gasteiger partial charge on any atom is -0.359 e. The third kappa shape index (κ3) is 6.06. The van der Waals surface area contributed by atoms with E-state index >= 15 is 0 Å². The molecule has 0 aliphatic carbocycles. The van der Waals surface area contributed by atoms with Gasteiger partial charge in [0.05, 0.1) is 11.0 Å². The van der Waals surface area contributed by atoms with Crippen molar-refractivity contribution in [2.45, 2.75) is 0 Å². The van der Waals surface area contributed by atoms with Crippen molar-refractivity contribution in [2.75, 3.05) is 29.0 Å². The van der Waals surface area contributed by atoms with Crippen LogP contribution in [0.5, 0.6) is 0 Å². The number of hydrogen-bond acceptors (Lipinski definition) is 5. The molecule has 25 heavy (non-hydrogen) atoms. The molecule has 0 atom stereocenters. The molecule has 0 aliphatic heterocycles. The maximum atomic E-state index is 5.25. The van der Waals surface area contributed by atoms with Crippen LogP contribution < -0.4 is 21.3 Å². The highest BCUT2D eigenvalue weighted by atomic mass is 79.9. The van der Waals surface area contributed by atoms with E-state index in [0.29, 0.717) is 30.0 Å². The Morgan fingerprint density at radius 2 is 2.04 bits per heavy atom. The fourth-order valence-corrected chi connectivity index (χ4v) is 2.32. The fourth-order valence-electron chi connectivity index (χ4n) is 1.79. The number of benzene rings is 1. The largest absolute Gasteiger partial charge is 0.359 e. The van der Waals surface area contributed by atoms with Crippen LogP contribution in [0.15, 0.2) is 47.6 Å². The number of nitrogens with one attached hydrogen (secondary N) is 4. The zero-order valence-electron chi connectivity index (χ0n) is 13.3. The molecule has 0 fully saturated rings. The lowest BCUT2D eigenvalue weighted by Crippen LogP contribution is -2.28. The summed E-state index contributed by atoms with van der Waals surface area (Å²) < 4.78 is 0.744. The van der Waals surface area contributed by atoms with Crippen molar-refractivity contribution >= 4 is 56.4 Å². The van der Waals surface area contributed by atoms with Crippen LogP contribution in [0, 0.1) is 12.3 Å². The summed E-state index contributed by atoms with van der Waals surface area (Å²) in [6, 6.07) is 7.61. The van der Waals surface area contributed by atoms with Crippen LogP contribution in [-0.4, -0.2) is 28.2 Å². The SMILES string of the molecule is C#CCNc1nc(Nc2ccc(NC(=S)NCC=C)cc2)ncc1Br. The third-order valence-corrected chi connectivity index (χ3v) is 3.73. The van der Waals surface area contributed by atoms with Gasteiger partial charge in [0.1, 0.15) is 5.82 Å². The summed E-state index contributed by atoms with van der Waals surface area (Å²) in [4.78, 5) is 8.61. The lowest BCUT2D eigenvalue weighted by atomic mass is 10.3. The molecule has 8 heteroatoms. The minimum absolute atomic E-state index is 0.384. The molecule has 1 aromatic carbocycles. The molecule has 128 valence electrons. The predicted molar refractivity (Wildman–Crippen MR) is 111 cm³/mol. The molecule has 0 aliphatic rings. The predicted octanol–water partition coefficient (Wildman–Crippen LogP) is 3.50. The quantitative estimate of drug-likeness (QED) is 0.312. The van der Waals surface area contributed by atoms with Gasteiger partial charge in [-0.1, -0.05) is 12.0 Å². The minimum atomic E-state index is 0.384. The van der Waals surface area contributed by atoms with E-state index in [9.17, 15) is 0 Å². The zero-order chi connectivity index (χ0) is 18.1. The summed E-state index contributed by atoms with van der Waals surface area (Å²) in [5.74, 6) is 3.60. The Balaban J connectivity index is 2.00. The average molecular weight is 417 g/mol. The van der Waals surface area contributed by atoms with Gasteiger partial charge in [0.25, 0.3) is 0 Å². The molecule has 6 nitrogen and oxygen atoms in total. The topological polar surface area (TPSA) is 73.9 Å². The van der Waals surface area contributed by atoms with Crippen molar-refractivity contribution in [3.63, 3.8) is 0 Å². The molecular formula is C17H17BrN6S. The number of terminal acetylenes is 1. The number of rotatable bonds is 7. The van der Waals surface area contributed by atoms with E-state index in [1.165, 1.54) is 0 Å². The van der Waals surface area contributed by atoms with Gasteiger partial charge in [-0.2, -0.15) is 4.98 Å². The van der Waals surface area contributed by atoms with Gasteiger partial charge in [0.15, 0.2) is 5.11 Å². The number of nitrogens with zero attached hydrogens (tertiary/aromatic N) is 2. The van der Waals surface area contributed by atoms with Crippen molar-refractivity contribution in [3.8, 4) is 12.3 Å². The summed E-state index contributed by atoms with van der Waals surface area (Å²) in [5, 5.41) is 12.8. The van der Waals surface area contributed by atoms with Crippen LogP contribution in [0.2, 0.25) is 0 Å². The first kappa shape index (κ1) is 18.7. The van der Waals surface area contributed by atoms with Crippen LogP contribution in [0.25, 0.3) is 0 Å². The van der Waals surface area contributed by atoms with Gasteiger partial charge < -0.3 is 21.3 Å². The van der Waals surface area contributed by atoms with E-state index in [4.69, 9.17) is 18.6 Å². The van der Waals surface area contributed by atoms with Crippen molar-refractivity contribution in [1.29, 1.82) is 0 Å². The number of halogens is 1. The highest BCUT2D eigenvalue weighted by molar-refractivity contribution is 9.10. The maximum Gasteiger partial charge on any atom is 0.229 e. The lowest BCUT2D eigenvalue weighted by Gasteiger charge is -2.11. The van der Waals surface area contributed by atoms with E-state index in [1.807, 2.05) is 24.3 Å². The monoisotopic (exact) mass is 416 g/mol. The molecule has 0 saturated carbocycles. The van der Waals surface area contributed by atoms with Crippen molar-refractivity contribution in [2.24, 2.45) is 0 Å². The molecule has 2 aromatic rings. The van der Waals surface area contributed by atoms with Crippen LogP contribution in [0.1, 0.15) is 0 Å². The molecular weight excluding hydrogens is 400 g/mol. The standard InChI is InChI=1S/C17H17BrN6S/c1-3-9-19-15-14(18)11-21-16(24-15)22-12-5-7-13(8-6-12)23-17(25)20-10-4-2/h1,4-8,11H,2,9-10H2,(H2,20,23,25)(H2,19,21,22,24). The van der Waals surface area contributed by atoms with Gasteiger partial charge in [0, 0.05) is 24.1 Å². The Hall–Kier alpha value is -2.63. The third-order valence-electron chi connectivity index (χ3n) is 2.91. The second-order valence-corrected chi connectivity index (χ2v) is 6.04. The van der Waals surface area contributed by atoms with Crippen molar-refractivity contribution in [1.82, 2.24) is 15.3 Å². The summed E-state index contributed by atoms with van der Waals surface area (Å²) in [7, 11) is 0. The second-order valence-electron chi connectivity index (χ2n) is 4.77. The van der Waals surface area contributed by atoms with Crippen LogP contribution in [0.3, 0.4) is 0 Å². The van der Waals surface area contributed by atoms with Gasteiger partial charge >= 0.3 is 0 Å². The lowest BCUT2D eigenvalue weighted by molar-refractivity contribution is 1.06. The van der Waals surface area contributed by atoms with E-state index in [0.717, 1.165) is 15.8 Å². The van der Waals surface area contributed by atoms with E-state index in [1.54, 1.807) is 12.3 Å². The molecule has 0 bridgehead atoms. The number of hydrogen-bond donors (Lipinski definition) is 4. The Morgan fingerprint density at radius 3 is 2.72 bits per heavy atom. The molecule has 1 aromatic heterocycles. The van der Waals surface area contributed by atoms with E-state index < -0.39 is 0 Å². The van der Waals surface area contributed by atoms with Gasteiger partial charge in [0.2, 0.25) is 5.95 Å². The summed E-state index contributed by atoms with van der Waals surface area (Å²) in [6.45, 7) is 4.63. The fraction of sp³-hybridized carbons (Fsp3) is 0.118. The van der Waals surface area contributed by atoms with Crippen LogP contribution in [-0.2, 0) is 0 Å². The molecule has 0 spiro atoms. The van der Waals surface area contributed by atoms with Crippen LogP contribution >= 0.6 is 28.1 Å². The van der Waals surface area contributed by atoms with Gasteiger partial charge in [-0.3, -0.25) is 0 Å².